The molecule has 0 bridgehead atoms. The van der Waals surface area contributed by atoms with Gasteiger partial charge >= 0.3 is 0 Å². The number of carbonyl (C=O) groups excluding carboxylic acids is 1. The molecule has 5 heteroatoms. The van der Waals surface area contributed by atoms with Crippen LogP contribution in [0.1, 0.15) is 33.1 Å². The summed E-state index contributed by atoms with van der Waals surface area (Å²) in [4.78, 5) is 11.8. The Morgan fingerprint density at radius 3 is 2.79 bits per heavy atom. The normalized spacial score (nSPS) is 12.0. The molecule has 0 aromatic heterocycles. The summed E-state index contributed by atoms with van der Waals surface area (Å²) in [6.45, 7) is 4.57. The number of carbonyl (C=O) groups is 1. The summed E-state index contributed by atoms with van der Waals surface area (Å²) >= 11 is 3.09. The van der Waals surface area contributed by atoms with E-state index in [0.717, 1.165) is 19.3 Å². The lowest BCUT2D eigenvalue weighted by atomic mass is 10.2. The number of unbranched alkanes of at least 4 members (excludes halogenated alkanes) is 2. The molecular formula is C14H20BrFN2O. The summed E-state index contributed by atoms with van der Waals surface area (Å²) in [6, 6.07) is 4.32. The number of hydrogen-bond acceptors (Lipinski definition) is 2. The van der Waals surface area contributed by atoms with Gasteiger partial charge in [0, 0.05) is 12.2 Å². The lowest BCUT2D eigenvalue weighted by molar-refractivity contribution is -0.121. The Hall–Kier alpha value is -1.10. The highest BCUT2D eigenvalue weighted by molar-refractivity contribution is 9.10. The molecular weight excluding hydrogens is 311 g/mol. The van der Waals surface area contributed by atoms with Crippen LogP contribution >= 0.6 is 15.9 Å². The maximum atomic E-state index is 13.3. The zero-order valence-electron chi connectivity index (χ0n) is 11.3. The highest BCUT2D eigenvalue weighted by atomic mass is 79.9. The molecule has 1 amide bonds. The summed E-state index contributed by atoms with van der Waals surface area (Å²) in [5.74, 6) is -0.417. The van der Waals surface area contributed by atoms with Crippen LogP contribution in [-0.2, 0) is 4.79 Å². The molecule has 1 aromatic rings. The van der Waals surface area contributed by atoms with Crippen molar-refractivity contribution >= 4 is 27.5 Å². The van der Waals surface area contributed by atoms with E-state index in [0.29, 0.717) is 16.7 Å². The lowest BCUT2D eigenvalue weighted by Crippen LogP contribution is -2.38. The van der Waals surface area contributed by atoms with Gasteiger partial charge in [-0.25, -0.2) is 4.39 Å². The van der Waals surface area contributed by atoms with Crippen LogP contribution in [0.4, 0.5) is 10.1 Å². The zero-order valence-corrected chi connectivity index (χ0v) is 12.9. The number of halogens is 2. The van der Waals surface area contributed by atoms with Crippen LogP contribution in [0.15, 0.2) is 22.7 Å². The summed E-state index contributed by atoms with van der Waals surface area (Å²) in [7, 11) is 0. The first-order valence-corrected chi connectivity index (χ1v) is 7.33. The minimum Gasteiger partial charge on any atom is -0.374 e. The molecule has 2 N–H and O–H groups in total. The van der Waals surface area contributed by atoms with Crippen LogP contribution in [0.3, 0.4) is 0 Å². The van der Waals surface area contributed by atoms with E-state index in [1.807, 2.05) is 0 Å². The van der Waals surface area contributed by atoms with Crippen LogP contribution in [0, 0.1) is 5.82 Å². The van der Waals surface area contributed by atoms with E-state index >= 15 is 0 Å². The topological polar surface area (TPSA) is 41.1 Å². The first-order valence-electron chi connectivity index (χ1n) is 6.54. The molecule has 1 unspecified atom stereocenters. The van der Waals surface area contributed by atoms with Gasteiger partial charge in [0.15, 0.2) is 0 Å². The minimum atomic E-state index is -0.387. The predicted molar refractivity (Wildman–Crippen MR) is 79.7 cm³/mol. The van der Waals surface area contributed by atoms with Crippen molar-refractivity contribution in [2.24, 2.45) is 0 Å². The third-order valence-corrected chi connectivity index (χ3v) is 3.42. The molecule has 0 fully saturated rings. The van der Waals surface area contributed by atoms with Crippen molar-refractivity contribution in [3.05, 3.63) is 28.5 Å². The molecule has 0 heterocycles. The highest BCUT2D eigenvalue weighted by Crippen LogP contribution is 2.19. The molecule has 19 heavy (non-hydrogen) atoms. The maximum absolute atomic E-state index is 13.3. The fourth-order valence-electron chi connectivity index (χ4n) is 1.64. The average Bonchev–Trinajstić information content (AvgIpc) is 2.38. The Morgan fingerprint density at radius 1 is 1.42 bits per heavy atom. The second-order valence-electron chi connectivity index (χ2n) is 4.49. The minimum absolute atomic E-state index is 0.0700. The molecule has 106 valence electrons. The van der Waals surface area contributed by atoms with Crippen molar-refractivity contribution in [2.45, 2.75) is 39.2 Å². The molecule has 0 aliphatic heterocycles. The fraction of sp³-hybridized carbons (Fsp3) is 0.500. The number of anilines is 1. The van der Waals surface area contributed by atoms with Gasteiger partial charge in [-0.15, -0.1) is 0 Å². The molecule has 0 radical (unpaired) electrons. The van der Waals surface area contributed by atoms with Crippen LogP contribution in [0.25, 0.3) is 0 Å². The first kappa shape index (κ1) is 16.0. The van der Waals surface area contributed by atoms with Crippen molar-refractivity contribution in [1.82, 2.24) is 5.32 Å². The van der Waals surface area contributed by atoms with Crippen molar-refractivity contribution in [2.75, 3.05) is 11.9 Å². The van der Waals surface area contributed by atoms with Gasteiger partial charge in [-0.3, -0.25) is 4.79 Å². The Balaban J connectivity index is 2.42. The summed E-state index contributed by atoms with van der Waals surface area (Å²) < 4.78 is 13.7. The zero-order chi connectivity index (χ0) is 14.3. The van der Waals surface area contributed by atoms with Crippen LogP contribution < -0.4 is 10.6 Å². The van der Waals surface area contributed by atoms with Crippen molar-refractivity contribution in [3.8, 4) is 0 Å². The van der Waals surface area contributed by atoms with E-state index in [4.69, 9.17) is 0 Å². The number of rotatable bonds is 7. The second-order valence-corrected chi connectivity index (χ2v) is 5.35. The van der Waals surface area contributed by atoms with Gasteiger partial charge in [0.1, 0.15) is 11.9 Å². The molecule has 0 saturated heterocycles. The number of nitrogens with one attached hydrogen (secondary N) is 2. The summed E-state index contributed by atoms with van der Waals surface area (Å²) in [6.07, 6.45) is 3.23. The van der Waals surface area contributed by atoms with E-state index in [1.165, 1.54) is 6.07 Å². The molecule has 1 aromatic carbocycles. The van der Waals surface area contributed by atoms with Gasteiger partial charge < -0.3 is 10.6 Å². The third kappa shape index (κ3) is 5.59. The predicted octanol–water partition coefficient (Wildman–Crippen LogP) is 3.70. The molecule has 0 spiro atoms. The van der Waals surface area contributed by atoms with Crippen molar-refractivity contribution < 1.29 is 9.18 Å². The smallest absolute Gasteiger partial charge is 0.242 e. The summed E-state index contributed by atoms with van der Waals surface area (Å²) in [5, 5.41) is 5.84. The average molecular weight is 331 g/mol. The largest absolute Gasteiger partial charge is 0.374 e. The Bertz CT molecular complexity index is 426. The standard InChI is InChI=1S/C14H20BrFN2O/c1-3-4-5-8-17-14(19)10(2)18-11-6-7-12(15)13(16)9-11/h6-7,9-10,18H,3-5,8H2,1-2H3,(H,17,19). The van der Waals surface area contributed by atoms with E-state index in [-0.39, 0.29) is 17.8 Å². The van der Waals surface area contributed by atoms with Crippen molar-refractivity contribution in [1.29, 1.82) is 0 Å². The van der Waals surface area contributed by atoms with E-state index in [2.05, 4.69) is 33.5 Å². The van der Waals surface area contributed by atoms with Crippen LogP contribution in [0.2, 0.25) is 0 Å². The van der Waals surface area contributed by atoms with E-state index < -0.39 is 0 Å². The lowest BCUT2D eigenvalue weighted by Gasteiger charge is -2.15. The Kier molecular flexibility index (Phi) is 6.84. The molecule has 0 aliphatic rings. The van der Waals surface area contributed by atoms with E-state index in [1.54, 1.807) is 19.1 Å². The molecule has 1 rings (SSSR count). The Labute approximate surface area is 122 Å². The highest BCUT2D eigenvalue weighted by Gasteiger charge is 2.12. The van der Waals surface area contributed by atoms with Gasteiger partial charge in [-0.05, 0) is 47.5 Å². The Morgan fingerprint density at radius 2 is 2.16 bits per heavy atom. The van der Waals surface area contributed by atoms with Crippen LogP contribution in [-0.4, -0.2) is 18.5 Å². The number of hydrogen-bond donors (Lipinski definition) is 2. The molecule has 3 nitrogen and oxygen atoms in total. The van der Waals surface area contributed by atoms with Gasteiger partial charge in [-0.1, -0.05) is 19.8 Å². The summed E-state index contributed by atoms with van der Waals surface area (Å²) in [5.41, 5.74) is 0.594. The van der Waals surface area contributed by atoms with Gasteiger partial charge in [0.05, 0.1) is 4.47 Å². The molecule has 0 saturated carbocycles. The van der Waals surface area contributed by atoms with Crippen molar-refractivity contribution in [3.63, 3.8) is 0 Å². The van der Waals surface area contributed by atoms with Gasteiger partial charge in [0.25, 0.3) is 0 Å². The first-order chi connectivity index (χ1) is 9.04. The fourth-order valence-corrected chi connectivity index (χ4v) is 1.89. The second kappa shape index (κ2) is 8.15. The maximum Gasteiger partial charge on any atom is 0.242 e. The molecule has 0 aliphatic carbocycles. The van der Waals surface area contributed by atoms with Crippen LogP contribution in [0.5, 0.6) is 0 Å². The third-order valence-electron chi connectivity index (χ3n) is 2.78. The number of benzene rings is 1. The van der Waals surface area contributed by atoms with Gasteiger partial charge in [-0.2, -0.15) is 0 Å². The monoisotopic (exact) mass is 330 g/mol. The molecule has 1 atom stereocenters. The van der Waals surface area contributed by atoms with E-state index in [9.17, 15) is 9.18 Å². The quantitative estimate of drug-likeness (QED) is 0.748. The number of amides is 1. The SMILES string of the molecule is CCCCCNC(=O)C(C)Nc1ccc(Br)c(F)c1. The van der Waals surface area contributed by atoms with Gasteiger partial charge in [0.2, 0.25) is 5.91 Å².